The number of carbonyl (C=O) groups excluding carboxylic acids is 2. The molecule has 0 aromatic heterocycles. The highest BCUT2D eigenvalue weighted by molar-refractivity contribution is 5.76. The number of amides is 2. The lowest BCUT2D eigenvalue weighted by molar-refractivity contribution is -0.132. The van der Waals surface area contributed by atoms with Gasteiger partial charge in [0.25, 0.3) is 0 Å². The van der Waals surface area contributed by atoms with Crippen LogP contribution in [-0.4, -0.2) is 83.0 Å². The highest BCUT2D eigenvalue weighted by Gasteiger charge is 2.43. The molecule has 2 amide bonds. The maximum absolute atomic E-state index is 13.6. The van der Waals surface area contributed by atoms with Gasteiger partial charge in [0, 0.05) is 57.7 Å². The minimum absolute atomic E-state index is 0.00404. The molecule has 0 aromatic carbocycles. The Morgan fingerprint density at radius 2 is 0.694 bits per heavy atom. The van der Waals surface area contributed by atoms with Crippen molar-refractivity contribution in [3.63, 3.8) is 0 Å². The molecule has 1 aliphatic rings. The number of hydrogen-bond acceptors (Lipinski definition) is 4. The van der Waals surface area contributed by atoms with Crippen molar-refractivity contribution in [2.45, 2.75) is 362 Å². The highest BCUT2D eigenvalue weighted by Crippen LogP contribution is 2.41. The number of rotatable bonds is 57. The number of hydrogen-bond donors (Lipinski definition) is 1. The zero-order valence-corrected chi connectivity index (χ0v) is 50.2. The Balaban J connectivity index is 2.55. The summed E-state index contributed by atoms with van der Waals surface area (Å²) in [5.74, 6) is 0.842. The molecule has 1 saturated heterocycles. The van der Waals surface area contributed by atoms with E-state index >= 15 is 0 Å². The molecule has 1 unspecified atom stereocenters. The number of aliphatic hydroxyl groups is 1. The normalized spacial score (nSPS) is 15.1. The van der Waals surface area contributed by atoms with Crippen LogP contribution in [0.5, 0.6) is 0 Å². The summed E-state index contributed by atoms with van der Waals surface area (Å²) >= 11 is 0. The molecule has 0 bridgehead atoms. The lowest BCUT2D eigenvalue weighted by Crippen LogP contribution is -2.60. The van der Waals surface area contributed by atoms with Crippen LogP contribution in [0.4, 0.5) is 0 Å². The van der Waals surface area contributed by atoms with E-state index in [1.807, 2.05) is 0 Å². The second-order valence-electron chi connectivity index (χ2n) is 24.6. The largest absolute Gasteiger partial charge is 0.396 e. The number of unbranched alkanes of at least 4 members (excludes halogenated alkanes) is 36. The van der Waals surface area contributed by atoms with Crippen molar-refractivity contribution in [2.24, 2.45) is 5.41 Å². The van der Waals surface area contributed by atoms with Gasteiger partial charge in [0.2, 0.25) is 11.8 Å². The van der Waals surface area contributed by atoms with Gasteiger partial charge in [-0.2, -0.15) is 0 Å². The number of likely N-dealkylation sites (tertiary alicyclic amines) is 1. The molecular formula is C66H131N3O3. The Hall–Kier alpha value is -1.14. The van der Waals surface area contributed by atoms with Crippen molar-refractivity contribution in [1.29, 1.82) is 0 Å². The van der Waals surface area contributed by atoms with Gasteiger partial charge in [-0.1, -0.05) is 273 Å². The van der Waals surface area contributed by atoms with Gasteiger partial charge >= 0.3 is 0 Å². The molecule has 0 saturated carbocycles. The van der Waals surface area contributed by atoms with Crippen molar-refractivity contribution >= 4 is 11.8 Å². The van der Waals surface area contributed by atoms with Crippen LogP contribution in [0.15, 0.2) is 0 Å². The van der Waals surface area contributed by atoms with Gasteiger partial charge < -0.3 is 14.9 Å². The lowest BCUT2D eigenvalue weighted by atomic mass is 9.74. The summed E-state index contributed by atoms with van der Waals surface area (Å²) in [4.78, 5) is 34.5. The first-order valence-electron chi connectivity index (χ1n) is 33.1. The monoisotopic (exact) mass is 1010 g/mol. The van der Waals surface area contributed by atoms with E-state index in [0.29, 0.717) is 17.4 Å². The molecule has 72 heavy (non-hydrogen) atoms. The molecule has 1 atom stereocenters. The first-order valence-corrected chi connectivity index (χ1v) is 33.1. The Bertz CT molecular complexity index is 1140. The van der Waals surface area contributed by atoms with Crippen LogP contribution in [0.25, 0.3) is 0 Å². The quantitative estimate of drug-likeness (QED) is 0.0617. The van der Waals surface area contributed by atoms with Crippen LogP contribution in [-0.2, 0) is 9.59 Å². The minimum atomic E-state index is 0.00404. The number of carbonyl (C=O) groups is 2. The van der Waals surface area contributed by atoms with Crippen molar-refractivity contribution in [3.05, 3.63) is 0 Å². The van der Waals surface area contributed by atoms with Gasteiger partial charge in [0.15, 0.2) is 0 Å². The second kappa shape index (κ2) is 49.4. The Kier molecular flexibility index (Phi) is 47.3. The molecule has 1 rings (SSSR count). The van der Waals surface area contributed by atoms with Crippen LogP contribution < -0.4 is 0 Å². The average Bonchev–Trinajstić information content (AvgIpc) is 3.37. The molecular weight excluding hydrogens is 883 g/mol. The third-order valence-corrected chi connectivity index (χ3v) is 17.1. The van der Waals surface area contributed by atoms with E-state index in [1.54, 1.807) is 0 Å². The van der Waals surface area contributed by atoms with Crippen molar-refractivity contribution in [2.75, 3.05) is 45.9 Å². The fraction of sp³-hybridized carbons (Fsp3) is 0.970. The molecule has 0 radical (unpaired) electrons. The van der Waals surface area contributed by atoms with Crippen molar-refractivity contribution in [1.82, 2.24) is 14.7 Å². The summed E-state index contributed by atoms with van der Waals surface area (Å²) in [6.45, 7) is 20.2. The number of aliphatic hydroxyl groups excluding tert-OH is 1. The zero-order chi connectivity index (χ0) is 52.5. The van der Waals surface area contributed by atoms with Gasteiger partial charge in [-0.05, 0) is 82.6 Å². The SMILES string of the molecule is CCCCCCCCCCN(CCCCCCCCCC)C(=O)CCCCCCCN1CCC1(CCCCCCCC(=O)N(CCCCCCCCCC)CCCCCCCCCC)CCCC(C)(C)CO. The van der Waals surface area contributed by atoms with E-state index in [0.717, 1.165) is 58.3 Å². The molecule has 1 fully saturated rings. The Morgan fingerprint density at radius 3 is 1.01 bits per heavy atom. The summed E-state index contributed by atoms with van der Waals surface area (Å²) in [6.07, 6.45) is 62.0. The third kappa shape index (κ3) is 38.4. The fourth-order valence-electron chi connectivity index (χ4n) is 11.8. The lowest BCUT2D eigenvalue weighted by Gasteiger charge is -2.54. The van der Waals surface area contributed by atoms with E-state index in [1.165, 1.54) is 296 Å². The van der Waals surface area contributed by atoms with Gasteiger partial charge in [0.05, 0.1) is 0 Å². The van der Waals surface area contributed by atoms with Crippen LogP contribution in [0.3, 0.4) is 0 Å². The molecule has 0 aliphatic carbocycles. The summed E-state index contributed by atoms with van der Waals surface area (Å²) in [5.41, 5.74) is 0.344. The smallest absolute Gasteiger partial charge is 0.222 e. The summed E-state index contributed by atoms with van der Waals surface area (Å²) in [5, 5.41) is 10.00. The van der Waals surface area contributed by atoms with E-state index < -0.39 is 0 Å². The predicted molar refractivity (Wildman–Crippen MR) is 317 cm³/mol. The molecule has 6 heteroatoms. The highest BCUT2D eigenvalue weighted by atomic mass is 16.3. The first kappa shape index (κ1) is 68.9. The molecule has 1 aliphatic heterocycles. The maximum Gasteiger partial charge on any atom is 0.222 e. The van der Waals surface area contributed by atoms with Crippen LogP contribution in [0.2, 0.25) is 0 Å². The van der Waals surface area contributed by atoms with Gasteiger partial charge in [0.1, 0.15) is 0 Å². The zero-order valence-electron chi connectivity index (χ0n) is 50.2. The minimum Gasteiger partial charge on any atom is -0.396 e. The van der Waals surface area contributed by atoms with Crippen LogP contribution in [0.1, 0.15) is 356 Å². The van der Waals surface area contributed by atoms with E-state index in [2.05, 4.69) is 56.2 Å². The third-order valence-electron chi connectivity index (χ3n) is 17.1. The van der Waals surface area contributed by atoms with Gasteiger partial charge in [-0.15, -0.1) is 0 Å². The molecule has 1 N–H and O–H groups in total. The van der Waals surface area contributed by atoms with E-state index in [4.69, 9.17) is 0 Å². The van der Waals surface area contributed by atoms with Crippen LogP contribution in [0, 0.1) is 5.41 Å². The van der Waals surface area contributed by atoms with Gasteiger partial charge in [-0.25, -0.2) is 0 Å². The van der Waals surface area contributed by atoms with Crippen molar-refractivity contribution < 1.29 is 14.7 Å². The molecule has 0 spiro atoms. The molecule has 0 aromatic rings. The van der Waals surface area contributed by atoms with E-state index in [-0.39, 0.29) is 12.0 Å². The fourth-order valence-corrected chi connectivity index (χ4v) is 11.8. The summed E-state index contributed by atoms with van der Waals surface area (Å²) < 4.78 is 0. The average molecular weight is 1010 g/mol. The van der Waals surface area contributed by atoms with E-state index in [9.17, 15) is 14.7 Å². The topological polar surface area (TPSA) is 64.1 Å². The van der Waals surface area contributed by atoms with Crippen LogP contribution >= 0.6 is 0 Å². The molecule has 6 nitrogen and oxygen atoms in total. The second-order valence-corrected chi connectivity index (χ2v) is 24.6. The summed E-state index contributed by atoms with van der Waals surface area (Å²) in [7, 11) is 0. The van der Waals surface area contributed by atoms with Gasteiger partial charge in [-0.3, -0.25) is 14.5 Å². The Morgan fingerprint density at radius 1 is 0.403 bits per heavy atom. The standard InChI is InChI=1S/C66H131N3O3/c1-7-11-15-19-23-27-36-44-56-67(57-45-37-28-24-20-16-12-8-2)63(71)50-41-33-31-35-43-53-66(54-49-52-65(5,6)62-70)55-61-69(66)60-48-40-32-34-42-51-64(72)68(58-46-38-29-25-21-17-13-9-3)59-47-39-30-26-22-18-14-10-4/h70H,7-62H2,1-6H3. The predicted octanol–water partition coefficient (Wildman–Crippen LogP) is 19.9. The summed E-state index contributed by atoms with van der Waals surface area (Å²) in [6, 6.07) is 0. The number of nitrogens with zero attached hydrogens (tertiary/aromatic N) is 3. The van der Waals surface area contributed by atoms with Crippen molar-refractivity contribution in [3.8, 4) is 0 Å². The molecule has 1 heterocycles. The Labute approximate surface area is 452 Å². The maximum atomic E-state index is 13.6. The first-order chi connectivity index (χ1) is 35.2. The molecule has 428 valence electrons.